The van der Waals surface area contributed by atoms with Crippen molar-refractivity contribution in [3.63, 3.8) is 0 Å². The topological polar surface area (TPSA) is 98.5 Å². The Morgan fingerprint density at radius 1 is 0.974 bits per heavy atom. The average molecular weight is 559 g/mol. The normalized spacial score (nSPS) is 11.7. The zero-order chi connectivity index (χ0) is 27.4. The Bertz CT molecular complexity index is 1760. The standard InChI is InChI=1S/C30H23ClN2O5S/c31-25-13-14-28-24(18-25)19-26(17-21-8-11-23(12-9-21)30(34)35)33(28)39(36,37)16-4-5-22-10-15-29(32-20-22)38-27-6-2-1-3-7-27/h1-15,18-20H,16-17H2,(H,34,35). The van der Waals surface area contributed by atoms with Gasteiger partial charge in [-0.05, 0) is 65.7 Å². The molecule has 0 saturated heterocycles. The van der Waals surface area contributed by atoms with Crippen molar-refractivity contribution in [1.29, 1.82) is 0 Å². The second-order valence-electron chi connectivity index (χ2n) is 8.81. The van der Waals surface area contributed by atoms with Gasteiger partial charge < -0.3 is 9.84 Å². The van der Waals surface area contributed by atoms with Crippen molar-refractivity contribution in [3.8, 4) is 11.6 Å². The van der Waals surface area contributed by atoms with Crippen LogP contribution in [0.5, 0.6) is 11.6 Å². The molecule has 0 spiro atoms. The number of rotatable bonds is 9. The molecule has 196 valence electrons. The Hall–Kier alpha value is -4.40. The lowest BCUT2D eigenvalue weighted by atomic mass is 10.1. The number of benzene rings is 3. The van der Waals surface area contributed by atoms with Gasteiger partial charge in [0.05, 0.1) is 16.8 Å². The third kappa shape index (κ3) is 6.19. The van der Waals surface area contributed by atoms with Crippen LogP contribution in [0.15, 0.2) is 103 Å². The van der Waals surface area contributed by atoms with Crippen molar-refractivity contribution in [2.45, 2.75) is 6.42 Å². The lowest BCUT2D eigenvalue weighted by molar-refractivity contribution is 0.0697. The van der Waals surface area contributed by atoms with Gasteiger partial charge in [-0.3, -0.25) is 0 Å². The van der Waals surface area contributed by atoms with Crippen molar-refractivity contribution in [1.82, 2.24) is 8.96 Å². The van der Waals surface area contributed by atoms with Crippen LogP contribution < -0.4 is 4.74 Å². The fourth-order valence-electron chi connectivity index (χ4n) is 4.18. The molecule has 0 unspecified atom stereocenters. The second-order valence-corrected chi connectivity index (χ2v) is 11.1. The summed E-state index contributed by atoms with van der Waals surface area (Å²) in [6.07, 6.45) is 5.18. The van der Waals surface area contributed by atoms with Gasteiger partial charge in [0.15, 0.2) is 0 Å². The van der Waals surface area contributed by atoms with Crippen molar-refractivity contribution < 1.29 is 23.1 Å². The fraction of sp³-hybridized carbons (Fsp3) is 0.0667. The predicted octanol–water partition coefficient (Wildman–Crippen LogP) is 6.66. The summed E-state index contributed by atoms with van der Waals surface area (Å²) in [7, 11) is -3.80. The van der Waals surface area contributed by atoms with Crippen LogP contribution in [-0.4, -0.2) is 34.2 Å². The summed E-state index contributed by atoms with van der Waals surface area (Å²) in [4.78, 5) is 15.5. The van der Waals surface area contributed by atoms with Crippen LogP contribution in [0.1, 0.15) is 27.2 Å². The molecule has 0 aliphatic heterocycles. The van der Waals surface area contributed by atoms with Gasteiger partial charge in [-0.1, -0.05) is 54.1 Å². The Labute approximate surface area is 230 Å². The summed E-state index contributed by atoms with van der Waals surface area (Å²) in [5.74, 6) is -0.155. The number of pyridine rings is 1. The first kappa shape index (κ1) is 26.2. The molecular weight excluding hydrogens is 536 g/mol. The van der Waals surface area contributed by atoms with Crippen molar-refractivity contribution in [3.05, 3.63) is 131 Å². The largest absolute Gasteiger partial charge is 0.478 e. The van der Waals surface area contributed by atoms with Crippen molar-refractivity contribution in [2.75, 3.05) is 5.75 Å². The van der Waals surface area contributed by atoms with E-state index in [2.05, 4.69) is 4.98 Å². The summed E-state index contributed by atoms with van der Waals surface area (Å²) < 4.78 is 34.2. The van der Waals surface area contributed by atoms with Crippen LogP contribution >= 0.6 is 11.6 Å². The zero-order valence-corrected chi connectivity index (χ0v) is 22.1. The zero-order valence-electron chi connectivity index (χ0n) is 20.6. The van der Waals surface area contributed by atoms with Gasteiger partial charge >= 0.3 is 5.97 Å². The number of hydrogen-bond acceptors (Lipinski definition) is 5. The van der Waals surface area contributed by atoms with Crippen LogP contribution in [0, 0.1) is 0 Å². The lowest BCUT2D eigenvalue weighted by Crippen LogP contribution is -2.18. The summed E-state index contributed by atoms with van der Waals surface area (Å²) in [5, 5.41) is 10.4. The summed E-state index contributed by atoms with van der Waals surface area (Å²) in [5.41, 5.74) is 2.75. The maximum absolute atomic E-state index is 13.6. The molecule has 7 nitrogen and oxygen atoms in total. The molecule has 9 heteroatoms. The van der Waals surface area contributed by atoms with E-state index >= 15 is 0 Å². The van der Waals surface area contributed by atoms with Crippen molar-refractivity contribution in [2.24, 2.45) is 0 Å². The first-order valence-electron chi connectivity index (χ1n) is 12.0. The van der Waals surface area contributed by atoms with Crippen LogP contribution in [0.25, 0.3) is 17.0 Å². The monoisotopic (exact) mass is 558 g/mol. The maximum Gasteiger partial charge on any atom is 0.335 e. The third-order valence-electron chi connectivity index (χ3n) is 6.00. The fourth-order valence-corrected chi connectivity index (χ4v) is 5.79. The number of fused-ring (bicyclic) bond motifs is 1. The minimum absolute atomic E-state index is 0.165. The number of aromatic carboxylic acids is 1. The highest BCUT2D eigenvalue weighted by Crippen LogP contribution is 2.27. The van der Waals surface area contributed by atoms with Crippen LogP contribution in [-0.2, 0) is 16.4 Å². The van der Waals surface area contributed by atoms with Gasteiger partial charge in [-0.15, -0.1) is 0 Å². The highest BCUT2D eigenvalue weighted by Gasteiger charge is 2.20. The smallest absolute Gasteiger partial charge is 0.335 e. The molecule has 0 aliphatic rings. The van der Waals surface area contributed by atoms with Gasteiger partial charge in [0.1, 0.15) is 5.75 Å². The Morgan fingerprint density at radius 2 is 1.74 bits per heavy atom. The quantitative estimate of drug-likeness (QED) is 0.217. The molecule has 0 fully saturated rings. The molecule has 0 aliphatic carbocycles. The number of halogens is 1. The maximum atomic E-state index is 13.6. The van der Waals surface area contributed by atoms with E-state index in [1.54, 1.807) is 66.9 Å². The van der Waals surface area contributed by atoms with E-state index in [4.69, 9.17) is 21.4 Å². The number of carboxylic acids is 1. The van der Waals surface area contributed by atoms with E-state index in [1.165, 1.54) is 16.1 Å². The summed E-state index contributed by atoms with van der Waals surface area (Å²) in [6.45, 7) is 0. The van der Waals surface area contributed by atoms with Crippen molar-refractivity contribution >= 4 is 44.6 Å². The Balaban J connectivity index is 1.37. The Morgan fingerprint density at radius 3 is 2.44 bits per heavy atom. The van der Waals surface area contributed by atoms with Gasteiger partial charge in [0.2, 0.25) is 15.9 Å². The highest BCUT2D eigenvalue weighted by molar-refractivity contribution is 7.90. The predicted molar refractivity (Wildman–Crippen MR) is 152 cm³/mol. The molecule has 2 aromatic heterocycles. The summed E-state index contributed by atoms with van der Waals surface area (Å²) in [6, 6.07) is 26.1. The molecule has 39 heavy (non-hydrogen) atoms. The molecule has 0 amide bonds. The van der Waals surface area contributed by atoms with Gasteiger partial charge in [-0.2, -0.15) is 0 Å². The van der Waals surface area contributed by atoms with Crippen LogP contribution in [0.3, 0.4) is 0 Å². The van der Waals surface area contributed by atoms with E-state index in [-0.39, 0.29) is 11.3 Å². The molecule has 5 rings (SSSR count). The number of para-hydroxylation sites is 1. The minimum Gasteiger partial charge on any atom is -0.478 e. The molecule has 0 radical (unpaired) electrons. The average Bonchev–Trinajstić information content (AvgIpc) is 3.28. The van der Waals surface area contributed by atoms with E-state index in [9.17, 15) is 13.2 Å². The van der Waals surface area contributed by atoms with E-state index in [0.717, 1.165) is 11.1 Å². The molecule has 1 N–H and O–H groups in total. The third-order valence-corrected chi connectivity index (χ3v) is 7.83. The minimum atomic E-state index is -3.80. The second kappa shape index (κ2) is 11.1. The van der Waals surface area contributed by atoms with Crippen LogP contribution in [0.4, 0.5) is 0 Å². The first-order valence-corrected chi connectivity index (χ1v) is 14.0. The number of aromatic nitrogens is 2. The molecule has 0 atom stereocenters. The van der Waals surface area contributed by atoms with E-state index in [0.29, 0.717) is 39.7 Å². The van der Waals surface area contributed by atoms with E-state index < -0.39 is 16.0 Å². The van der Waals surface area contributed by atoms with Crippen LogP contribution in [0.2, 0.25) is 5.02 Å². The molecule has 5 aromatic rings. The Kier molecular flexibility index (Phi) is 7.49. The highest BCUT2D eigenvalue weighted by atomic mass is 35.5. The molecule has 0 bridgehead atoms. The number of hydrogen-bond donors (Lipinski definition) is 1. The summed E-state index contributed by atoms with van der Waals surface area (Å²) >= 11 is 6.17. The van der Waals surface area contributed by atoms with Gasteiger partial charge in [-0.25, -0.2) is 22.2 Å². The SMILES string of the molecule is O=C(O)c1ccc(Cc2cc3cc(Cl)ccc3n2S(=O)(=O)CC=Cc2ccc(Oc3ccccc3)nc2)cc1. The molecule has 0 saturated carbocycles. The van der Waals surface area contributed by atoms with E-state index in [1.807, 2.05) is 30.3 Å². The molecule has 3 aromatic carbocycles. The molecular formula is C30H23ClN2O5S. The first-order chi connectivity index (χ1) is 18.8. The van der Waals surface area contributed by atoms with Gasteiger partial charge in [0.25, 0.3) is 0 Å². The van der Waals surface area contributed by atoms with Gasteiger partial charge in [0, 0.05) is 34.8 Å². The number of ether oxygens (including phenoxy) is 1. The number of nitrogens with zero attached hydrogens (tertiary/aromatic N) is 2. The lowest BCUT2D eigenvalue weighted by Gasteiger charge is -2.11. The number of carbonyl (C=O) groups is 1. The number of carboxylic acid groups (broad SMARTS) is 1. The molecule has 2 heterocycles.